The number of rotatable bonds is 7. The standard InChI is InChI=1S/C22H18N2O4S2/c25-19(23-17-11-5-4-10-16(17)21(27)28)13-14-24-20(26)18(30-22(24)29)12-6-9-15-7-2-1-3-8-15/h1-12H,13-14H2,(H,23,25)(H,27,28)/b9-6+,18-12-. The summed E-state index contributed by atoms with van der Waals surface area (Å²) in [5.41, 5.74) is 1.23. The van der Waals surface area contributed by atoms with Crippen molar-refractivity contribution in [2.24, 2.45) is 0 Å². The summed E-state index contributed by atoms with van der Waals surface area (Å²) in [6.07, 6.45) is 5.38. The molecule has 0 bridgehead atoms. The number of benzene rings is 2. The lowest BCUT2D eigenvalue weighted by molar-refractivity contribution is -0.122. The number of hydrogen-bond acceptors (Lipinski definition) is 5. The number of aromatic carboxylic acids is 1. The predicted octanol–water partition coefficient (Wildman–Crippen LogP) is 4.17. The van der Waals surface area contributed by atoms with Crippen LogP contribution < -0.4 is 5.32 Å². The predicted molar refractivity (Wildman–Crippen MR) is 122 cm³/mol. The molecule has 0 unspecified atom stereocenters. The van der Waals surface area contributed by atoms with Crippen LogP contribution in [0.2, 0.25) is 0 Å². The molecular formula is C22H18N2O4S2. The highest BCUT2D eigenvalue weighted by atomic mass is 32.2. The van der Waals surface area contributed by atoms with E-state index in [1.165, 1.54) is 28.8 Å². The Balaban J connectivity index is 1.58. The van der Waals surface area contributed by atoms with Gasteiger partial charge in [0, 0.05) is 13.0 Å². The van der Waals surface area contributed by atoms with Gasteiger partial charge in [0.15, 0.2) is 0 Å². The maximum absolute atomic E-state index is 12.6. The number of carbonyl (C=O) groups is 3. The molecular weight excluding hydrogens is 420 g/mol. The van der Waals surface area contributed by atoms with Crippen LogP contribution in [0.1, 0.15) is 22.3 Å². The fourth-order valence-corrected chi connectivity index (χ4v) is 3.98. The molecule has 6 nitrogen and oxygen atoms in total. The summed E-state index contributed by atoms with van der Waals surface area (Å²) in [6, 6.07) is 15.8. The van der Waals surface area contributed by atoms with Crippen LogP contribution in [0.3, 0.4) is 0 Å². The summed E-state index contributed by atoms with van der Waals surface area (Å²) in [7, 11) is 0. The summed E-state index contributed by atoms with van der Waals surface area (Å²) in [5, 5.41) is 11.8. The van der Waals surface area contributed by atoms with E-state index in [9.17, 15) is 19.5 Å². The molecule has 0 aromatic heterocycles. The van der Waals surface area contributed by atoms with Gasteiger partial charge in [-0.1, -0.05) is 78.6 Å². The fraction of sp³-hybridized carbons (Fsp3) is 0.0909. The Morgan fingerprint density at radius 1 is 1.10 bits per heavy atom. The first-order valence-electron chi connectivity index (χ1n) is 9.05. The molecule has 0 saturated carbocycles. The number of thiocarbonyl (C=S) groups is 1. The molecule has 1 heterocycles. The van der Waals surface area contributed by atoms with Crippen molar-refractivity contribution < 1.29 is 19.5 Å². The largest absolute Gasteiger partial charge is 0.478 e. The molecule has 1 aliphatic rings. The second-order valence-electron chi connectivity index (χ2n) is 6.27. The van der Waals surface area contributed by atoms with E-state index in [0.717, 1.165) is 5.56 Å². The number of nitrogens with one attached hydrogen (secondary N) is 1. The maximum atomic E-state index is 12.6. The lowest BCUT2D eigenvalue weighted by atomic mass is 10.1. The van der Waals surface area contributed by atoms with E-state index in [1.54, 1.807) is 24.3 Å². The third-order valence-corrected chi connectivity index (χ3v) is 5.60. The van der Waals surface area contributed by atoms with Gasteiger partial charge in [0.25, 0.3) is 5.91 Å². The Labute approximate surface area is 183 Å². The number of allylic oxidation sites excluding steroid dienone is 2. The second kappa shape index (κ2) is 10.00. The molecule has 1 saturated heterocycles. The minimum Gasteiger partial charge on any atom is -0.478 e. The van der Waals surface area contributed by atoms with Crippen LogP contribution in [-0.4, -0.2) is 38.7 Å². The number of carbonyl (C=O) groups excluding carboxylic acids is 2. The van der Waals surface area contributed by atoms with Crippen molar-refractivity contribution >= 4 is 57.8 Å². The molecule has 2 N–H and O–H groups in total. The summed E-state index contributed by atoms with van der Waals surface area (Å²) in [4.78, 5) is 37.9. The average molecular weight is 439 g/mol. The molecule has 1 fully saturated rings. The number of hydrogen-bond donors (Lipinski definition) is 2. The summed E-state index contributed by atoms with van der Waals surface area (Å²) < 4.78 is 0.387. The van der Waals surface area contributed by atoms with Gasteiger partial charge in [0.1, 0.15) is 4.32 Å². The minimum absolute atomic E-state index is 0.00426. The minimum atomic E-state index is -1.13. The van der Waals surface area contributed by atoms with Gasteiger partial charge in [0.2, 0.25) is 5.91 Å². The van der Waals surface area contributed by atoms with Crippen LogP contribution in [0.5, 0.6) is 0 Å². The Morgan fingerprint density at radius 3 is 2.53 bits per heavy atom. The van der Waals surface area contributed by atoms with Gasteiger partial charge in [0.05, 0.1) is 16.2 Å². The lowest BCUT2D eigenvalue weighted by Gasteiger charge is -2.14. The van der Waals surface area contributed by atoms with Crippen LogP contribution in [0, 0.1) is 0 Å². The SMILES string of the molecule is O=C(CCN1C(=O)/C(=C/C=C/c2ccccc2)SC1=S)Nc1ccccc1C(=O)O. The molecule has 0 aliphatic carbocycles. The van der Waals surface area contributed by atoms with Gasteiger partial charge in [-0.3, -0.25) is 14.5 Å². The van der Waals surface area contributed by atoms with Crippen molar-refractivity contribution in [2.75, 3.05) is 11.9 Å². The third kappa shape index (κ3) is 5.43. The highest BCUT2D eigenvalue weighted by molar-refractivity contribution is 8.26. The number of nitrogens with zero attached hydrogens (tertiary/aromatic N) is 1. The highest BCUT2D eigenvalue weighted by Gasteiger charge is 2.31. The molecule has 8 heteroatoms. The lowest BCUT2D eigenvalue weighted by Crippen LogP contribution is -2.31. The van der Waals surface area contributed by atoms with Crippen LogP contribution in [-0.2, 0) is 9.59 Å². The summed E-state index contributed by atoms with van der Waals surface area (Å²) >= 11 is 6.46. The summed E-state index contributed by atoms with van der Waals surface area (Å²) in [5.74, 6) is -1.77. The zero-order chi connectivity index (χ0) is 21.5. The molecule has 2 aromatic carbocycles. The molecule has 0 spiro atoms. The van der Waals surface area contributed by atoms with E-state index in [4.69, 9.17) is 12.2 Å². The van der Waals surface area contributed by atoms with Crippen LogP contribution in [0.4, 0.5) is 5.69 Å². The number of amides is 2. The zero-order valence-corrected chi connectivity index (χ0v) is 17.4. The van der Waals surface area contributed by atoms with E-state index >= 15 is 0 Å². The Kier molecular flexibility index (Phi) is 7.16. The molecule has 152 valence electrons. The molecule has 1 aliphatic heterocycles. The van der Waals surface area contributed by atoms with Crippen molar-refractivity contribution in [3.8, 4) is 0 Å². The van der Waals surface area contributed by atoms with E-state index in [2.05, 4.69) is 5.32 Å². The fourth-order valence-electron chi connectivity index (χ4n) is 2.72. The molecule has 3 rings (SSSR count). The first-order valence-corrected chi connectivity index (χ1v) is 10.3. The topological polar surface area (TPSA) is 86.7 Å². The van der Waals surface area contributed by atoms with Gasteiger partial charge in [-0.25, -0.2) is 4.79 Å². The first kappa shape index (κ1) is 21.5. The molecule has 0 atom stereocenters. The molecule has 2 amide bonds. The number of para-hydroxylation sites is 1. The van der Waals surface area contributed by atoms with Gasteiger partial charge in [-0.15, -0.1) is 0 Å². The highest BCUT2D eigenvalue weighted by Crippen LogP contribution is 2.31. The van der Waals surface area contributed by atoms with Gasteiger partial charge in [-0.2, -0.15) is 0 Å². The van der Waals surface area contributed by atoms with E-state index in [0.29, 0.717) is 9.23 Å². The van der Waals surface area contributed by atoms with Gasteiger partial charge >= 0.3 is 5.97 Å². The van der Waals surface area contributed by atoms with E-state index in [1.807, 2.05) is 36.4 Å². The zero-order valence-electron chi connectivity index (χ0n) is 15.8. The van der Waals surface area contributed by atoms with Crippen LogP contribution in [0.15, 0.2) is 71.7 Å². The van der Waals surface area contributed by atoms with Crippen molar-refractivity contribution in [3.05, 3.63) is 82.8 Å². The maximum Gasteiger partial charge on any atom is 0.337 e. The number of carboxylic acid groups (broad SMARTS) is 1. The van der Waals surface area contributed by atoms with Crippen LogP contribution in [0.25, 0.3) is 6.08 Å². The smallest absolute Gasteiger partial charge is 0.337 e. The molecule has 2 aromatic rings. The Bertz CT molecular complexity index is 1050. The van der Waals surface area contributed by atoms with E-state index in [-0.39, 0.29) is 30.1 Å². The number of thioether (sulfide) groups is 1. The van der Waals surface area contributed by atoms with Crippen LogP contribution >= 0.6 is 24.0 Å². The number of carboxylic acids is 1. The van der Waals surface area contributed by atoms with Gasteiger partial charge < -0.3 is 10.4 Å². The summed E-state index contributed by atoms with van der Waals surface area (Å²) in [6.45, 7) is 0.117. The Morgan fingerprint density at radius 2 is 1.80 bits per heavy atom. The molecule has 30 heavy (non-hydrogen) atoms. The Hall–Kier alpha value is -3.23. The van der Waals surface area contributed by atoms with Crippen molar-refractivity contribution in [1.82, 2.24) is 4.90 Å². The van der Waals surface area contributed by atoms with Crippen molar-refractivity contribution in [1.29, 1.82) is 0 Å². The van der Waals surface area contributed by atoms with Gasteiger partial charge in [-0.05, 0) is 23.8 Å². The van der Waals surface area contributed by atoms with E-state index < -0.39 is 11.9 Å². The quantitative estimate of drug-likeness (QED) is 0.498. The third-order valence-electron chi connectivity index (χ3n) is 4.20. The monoisotopic (exact) mass is 438 g/mol. The van der Waals surface area contributed by atoms with Crippen molar-refractivity contribution in [2.45, 2.75) is 6.42 Å². The van der Waals surface area contributed by atoms with Crippen molar-refractivity contribution in [3.63, 3.8) is 0 Å². The second-order valence-corrected chi connectivity index (χ2v) is 7.95. The number of anilines is 1. The first-order chi connectivity index (χ1) is 14.5. The average Bonchev–Trinajstić information content (AvgIpc) is 3.00. The molecule has 0 radical (unpaired) electrons. The normalized spacial score (nSPS) is 15.2.